The molecule has 2 amide bonds. The molecule has 0 aliphatic heterocycles. The van der Waals surface area contributed by atoms with Gasteiger partial charge in [-0.2, -0.15) is 0 Å². The molecule has 22 heavy (non-hydrogen) atoms. The van der Waals surface area contributed by atoms with Crippen LogP contribution in [0.2, 0.25) is 0 Å². The Labute approximate surface area is 130 Å². The number of amides is 2. The molecular weight excluding hydrogens is 284 g/mol. The Morgan fingerprint density at radius 3 is 2.18 bits per heavy atom. The highest BCUT2D eigenvalue weighted by Gasteiger charge is 2.15. The number of hydrogen-bond donors (Lipinski definition) is 2. The molecule has 0 saturated heterocycles. The number of Topliss-reactive ketones (excluding diaryl/α,β-unsaturated/α-hetero) is 1. The van der Waals surface area contributed by atoms with Crippen molar-refractivity contribution in [1.82, 2.24) is 10.6 Å². The number of nitrogens with one attached hydrogen (secondary N) is 2. The van der Waals surface area contributed by atoms with E-state index in [0.29, 0.717) is 12.1 Å². The van der Waals surface area contributed by atoms with E-state index in [4.69, 9.17) is 4.74 Å². The first kappa shape index (κ1) is 17.7. The van der Waals surface area contributed by atoms with Gasteiger partial charge in [-0.15, -0.1) is 0 Å². The SMILES string of the molecule is CC(=O)[C@@H](C)OC(=O)c1ccc(CNC(=O)NC(C)C)cc1. The van der Waals surface area contributed by atoms with Gasteiger partial charge in [-0.3, -0.25) is 4.79 Å². The van der Waals surface area contributed by atoms with E-state index in [9.17, 15) is 14.4 Å². The summed E-state index contributed by atoms with van der Waals surface area (Å²) in [5.41, 5.74) is 1.22. The Morgan fingerprint density at radius 1 is 1.09 bits per heavy atom. The molecule has 6 heteroatoms. The Balaban J connectivity index is 2.54. The number of ketones is 1. The largest absolute Gasteiger partial charge is 0.451 e. The first-order valence-corrected chi connectivity index (χ1v) is 7.14. The maximum absolute atomic E-state index is 11.8. The smallest absolute Gasteiger partial charge is 0.338 e. The van der Waals surface area contributed by atoms with Crippen molar-refractivity contribution in [3.63, 3.8) is 0 Å². The van der Waals surface area contributed by atoms with Crippen molar-refractivity contribution in [2.45, 2.75) is 46.4 Å². The van der Waals surface area contributed by atoms with Gasteiger partial charge in [-0.1, -0.05) is 12.1 Å². The molecule has 0 radical (unpaired) electrons. The number of rotatable bonds is 6. The highest BCUT2D eigenvalue weighted by molar-refractivity contribution is 5.92. The molecule has 1 aromatic carbocycles. The third-order valence-corrected chi connectivity index (χ3v) is 2.92. The third-order valence-electron chi connectivity index (χ3n) is 2.92. The summed E-state index contributed by atoms with van der Waals surface area (Å²) < 4.78 is 5.01. The minimum absolute atomic E-state index is 0.0698. The van der Waals surface area contributed by atoms with Gasteiger partial charge in [0.15, 0.2) is 11.9 Å². The molecule has 0 aliphatic rings. The third kappa shape index (κ3) is 5.95. The van der Waals surface area contributed by atoms with E-state index in [1.165, 1.54) is 13.8 Å². The average Bonchev–Trinajstić information content (AvgIpc) is 2.44. The second-order valence-electron chi connectivity index (χ2n) is 5.34. The summed E-state index contributed by atoms with van der Waals surface area (Å²) in [6.45, 7) is 7.02. The van der Waals surface area contributed by atoms with Crippen LogP contribution in [-0.4, -0.2) is 29.9 Å². The van der Waals surface area contributed by atoms with Crippen molar-refractivity contribution >= 4 is 17.8 Å². The van der Waals surface area contributed by atoms with Crippen LogP contribution in [0.1, 0.15) is 43.6 Å². The molecule has 2 N–H and O–H groups in total. The van der Waals surface area contributed by atoms with Crippen molar-refractivity contribution in [2.75, 3.05) is 0 Å². The van der Waals surface area contributed by atoms with Crippen LogP contribution in [0.25, 0.3) is 0 Å². The summed E-state index contributed by atoms with van der Waals surface area (Å²) in [5, 5.41) is 5.43. The average molecular weight is 306 g/mol. The number of esters is 1. The van der Waals surface area contributed by atoms with Crippen LogP contribution in [0, 0.1) is 0 Å². The van der Waals surface area contributed by atoms with Crippen molar-refractivity contribution in [1.29, 1.82) is 0 Å². The van der Waals surface area contributed by atoms with Crippen LogP contribution in [-0.2, 0) is 16.1 Å². The van der Waals surface area contributed by atoms with E-state index in [2.05, 4.69) is 10.6 Å². The predicted molar refractivity (Wildman–Crippen MR) is 82.5 cm³/mol. The fraction of sp³-hybridized carbons (Fsp3) is 0.438. The van der Waals surface area contributed by atoms with Gasteiger partial charge < -0.3 is 15.4 Å². The summed E-state index contributed by atoms with van der Waals surface area (Å²) >= 11 is 0. The number of carbonyl (C=O) groups excluding carboxylic acids is 3. The van der Waals surface area contributed by atoms with E-state index in [1.54, 1.807) is 24.3 Å². The normalized spacial score (nSPS) is 11.7. The first-order valence-electron chi connectivity index (χ1n) is 7.14. The van der Waals surface area contributed by atoms with Gasteiger partial charge in [-0.05, 0) is 45.4 Å². The fourth-order valence-electron chi connectivity index (χ4n) is 1.57. The van der Waals surface area contributed by atoms with E-state index in [1.807, 2.05) is 13.8 Å². The zero-order chi connectivity index (χ0) is 16.7. The number of carbonyl (C=O) groups is 3. The van der Waals surface area contributed by atoms with Crippen molar-refractivity contribution in [3.8, 4) is 0 Å². The molecule has 0 saturated carbocycles. The maximum Gasteiger partial charge on any atom is 0.338 e. The Hall–Kier alpha value is -2.37. The number of hydrogen-bond acceptors (Lipinski definition) is 4. The number of ether oxygens (including phenoxy) is 1. The molecule has 0 spiro atoms. The van der Waals surface area contributed by atoms with E-state index in [0.717, 1.165) is 5.56 Å². The summed E-state index contributed by atoms with van der Waals surface area (Å²) in [6, 6.07) is 6.49. The summed E-state index contributed by atoms with van der Waals surface area (Å²) in [6.07, 6.45) is -0.756. The van der Waals surface area contributed by atoms with Crippen LogP contribution < -0.4 is 10.6 Å². The maximum atomic E-state index is 11.8. The van der Waals surface area contributed by atoms with Crippen LogP contribution in [0.5, 0.6) is 0 Å². The van der Waals surface area contributed by atoms with Gasteiger partial charge in [0.1, 0.15) is 0 Å². The molecule has 0 fully saturated rings. The molecule has 1 atom stereocenters. The van der Waals surface area contributed by atoms with Crippen LogP contribution in [0.4, 0.5) is 4.79 Å². The molecule has 120 valence electrons. The molecular formula is C16H22N2O4. The van der Waals surface area contributed by atoms with Gasteiger partial charge in [0.05, 0.1) is 5.56 Å². The van der Waals surface area contributed by atoms with Gasteiger partial charge in [-0.25, -0.2) is 9.59 Å². The van der Waals surface area contributed by atoms with Gasteiger partial charge in [0, 0.05) is 12.6 Å². The van der Waals surface area contributed by atoms with Gasteiger partial charge in [0.25, 0.3) is 0 Å². The van der Waals surface area contributed by atoms with Crippen molar-refractivity contribution in [3.05, 3.63) is 35.4 Å². The molecule has 1 rings (SSSR count). The van der Waals surface area contributed by atoms with E-state index in [-0.39, 0.29) is 17.9 Å². The standard InChI is InChI=1S/C16H22N2O4/c1-10(2)18-16(21)17-9-13-5-7-14(8-6-13)15(20)22-12(4)11(3)19/h5-8,10,12H,9H2,1-4H3,(H2,17,18,21)/t12-/m1/s1. The topological polar surface area (TPSA) is 84.5 Å². The lowest BCUT2D eigenvalue weighted by atomic mass is 10.1. The predicted octanol–water partition coefficient (Wildman–Crippen LogP) is 2.03. The molecule has 0 aromatic heterocycles. The summed E-state index contributed by atoms with van der Waals surface area (Å²) in [7, 11) is 0. The molecule has 0 unspecified atom stereocenters. The van der Waals surface area contributed by atoms with Crippen LogP contribution in [0.15, 0.2) is 24.3 Å². The lowest BCUT2D eigenvalue weighted by Gasteiger charge is -2.11. The highest BCUT2D eigenvalue weighted by Crippen LogP contribution is 2.08. The quantitative estimate of drug-likeness (QED) is 0.788. The zero-order valence-corrected chi connectivity index (χ0v) is 13.3. The monoisotopic (exact) mass is 306 g/mol. The lowest BCUT2D eigenvalue weighted by molar-refractivity contribution is -0.124. The zero-order valence-electron chi connectivity index (χ0n) is 13.3. The summed E-state index contributed by atoms with van der Waals surface area (Å²) in [5.74, 6) is -0.745. The number of benzene rings is 1. The second-order valence-corrected chi connectivity index (χ2v) is 5.34. The minimum Gasteiger partial charge on any atom is -0.451 e. The molecule has 1 aromatic rings. The van der Waals surface area contributed by atoms with Gasteiger partial charge in [0.2, 0.25) is 0 Å². The van der Waals surface area contributed by atoms with E-state index < -0.39 is 12.1 Å². The van der Waals surface area contributed by atoms with Gasteiger partial charge >= 0.3 is 12.0 Å². The summed E-state index contributed by atoms with van der Waals surface area (Å²) in [4.78, 5) is 34.3. The minimum atomic E-state index is -0.756. The van der Waals surface area contributed by atoms with Crippen molar-refractivity contribution in [2.24, 2.45) is 0 Å². The van der Waals surface area contributed by atoms with Crippen molar-refractivity contribution < 1.29 is 19.1 Å². The molecule has 0 heterocycles. The Kier molecular flexibility index (Phi) is 6.56. The molecule has 0 bridgehead atoms. The highest BCUT2D eigenvalue weighted by atomic mass is 16.5. The molecule has 0 aliphatic carbocycles. The Bertz CT molecular complexity index is 538. The van der Waals surface area contributed by atoms with Crippen LogP contribution >= 0.6 is 0 Å². The van der Waals surface area contributed by atoms with Crippen LogP contribution in [0.3, 0.4) is 0 Å². The number of urea groups is 1. The fourth-order valence-corrected chi connectivity index (χ4v) is 1.57. The first-order chi connectivity index (χ1) is 10.3. The Morgan fingerprint density at radius 2 is 1.68 bits per heavy atom. The molecule has 6 nitrogen and oxygen atoms in total. The lowest BCUT2D eigenvalue weighted by Crippen LogP contribution is -2.39. The van der Waals surface area contributed by atoms with E-state index >= 15 is 0 Å². The second kappa shape index (κ2) is 8.17.